The molecule has 28 heavy (non-hydrogen) atoms. The van der Waals surface area contributed by atoms with E-state index in [0.717, 1.165) is 11.3 Å². The van der Waals surface area contributed by atoms with Gasteiger partial charge in [-0.05, 0) is 54.8 Å². The van der Waals surface area contributed by atoms with Crippen LogP contribution in [0.15, 0.2) is 41.0 Å². The van der Waals surface area contributed by atoms with Gasteiger partial charge in [-0.3, -0.25) is 4.79 Å². The number of fused-ring (bicyclic) bond motifs is 1. The standard InChI is InChI=1S/C21H25BrN2O4/c1-21(2,3)28-20(26)24-12-15(18-16(19(24)25)11-17(22)23-18)9-10-27-13-14-7-5-4-6-8-14/h4-8,11,15,23H,9-10,12-13H2,1-3H3. The third kappa shape index (κ3) is 5.02. The summed E-state index contributed by atoms with van der Waals surface area (Å²) in [6.45, 7) is 6.67. The first-order chi connectivity index (χ1) is 13.2. The molecule has 1 aromatic carbocycles. The molecule has 7 heteroatoms. The van der Waals surface area contributed by atoms with Crippen LogP contribution in [0.3, 0.4) is 0 Å². The van der Waals surface area contributed by atoms with Gasteiger partial charge in [0.2, 0.25) is 0 Å². The van der Waals surface area contributed by atoms with Crippen LogP contribution in [0.25, 0.3) is 0 Å². The van der Waals surface area contributed by atoms with Crippen molar-refractivity contribution in [3.05, 3.63) is 57.8 Å². The van der Waals surface area contributed by atoms with Gasteiger partial charge < -0.3 is 14.5 Å². The van der Waals surface area contributed by atoms with Crippen molar-refractivity contribution in [3.63, 3.8) is 0 Å². The second-order valence-corrected chi connectivity index (χ2v) is 8.72. The van der Waals surface area contributed by atoms with Crippen molar-refractivity contribution >= 4 is 27.9 Å². The van der Waals surface area contributed by atoms with Crippen LogP contribution in [-0.4, -0.2) is 40.6 Å². The number of rotatable bonds is 5. The van der Waals surface area contributed by atoms with E-state index in [-0.39, 0.29) is 18.4 Å². The van der Waals surface area contributed by atoms with E-state index in [9.17, 15) is 9.59 Å². The molecule has 150 valence electrons. The lowest BCUT2D eigenvalue weighted by Gasteiger charge is -2.32. The Labute approximate surface area is 173 Å². The number of ether oxygens (including phenoxy) is 2. The number of carbonyl (C=O) groups is 2. The first-order valence-corrected chi connectivity index (χ1v) is 10.1. The van der Waals surface area contributed by atoms with E-state index in [2.05, 4.69) is 20.9 Å². The summed E-state index contributed by atoms with van der Waals surface area (Å²) >= 11 is 3.39. The normalized spacial score (nSPS) is 16.8. The summed E-state index contributed by atoms with van der Waals surface area (Å²) in [7, 11) is 0. The Morgan fingerprint density at radius 2 is 2.00 bits per heavy atom. The van der Waals surface area contributed by atoms with E-state index in [1.807, 2.05) is 30.3 Å². The summed E-state index contributed by atoms with van der Waals surface area (Å²) in [5.74, 6) is -0.380. The van der Waals surface area contributed by atoms with Crippen molar-refractivity contribution in [1.29, 1.82) is 0 Å². The maximum absolute atomic E-state index is 12.8. The van der Waals surface area contributed by atoms with E-state index < -0.39 is 11.7 Å². The van der Waals surface area contributed by atoms with Crippen molar-refractivity contribution in [2.75, 3.05) is 13.2 Å². The quantitative estimate of drug-likeness (QED) is 0.662. The van der Waals surface area contributed by atoms with Crippen LogP contribution in [0.4, 0.5) is 4.79 Å². The Balaban J connectivity index is 1.68. The molecule has 6 nitrogen and oxygen atoms in total. The van der Waals surface area contributed by atoms with E-state index >= 15 is 0 Å². The lowest BCUT2D eigenvalue weighted by atomic mass is 9.93. The van der Waals surface area contributed by atoms with Crippen LogP contribution in [0, 0.1) is 0 Å². The maximum atomic E-state index is 12.8. The van der Waals surface area contributed by atoms with Crippen molar-refractivity contribution in [3.8, 4) is 0 Å². The fraction of sp³-hybridized carbons (Fsp3) is 0.429. The Hall–Kier alpha value is -2.12. The van der Waals surface area contributed by atoms with E-state index in [1.54, 1.807) is 26.8 Å². The first-order valence-electron chi connectivity index (χ1n) is 9.29. The number of benzene rings is 1. The van der Waals surface area contributed by atoms with Gasteiger partial charge >= 0.3 is 6.09 Å². The number of aromatic nitrogens is 1. The van der Waals surface area contributed by atoms with E-state index in [4.69, 9.17) is 9.47 Å². The number of nitrogens with one attached hydrogen (secondary N) is 1. The number of imide groups is 1. The molecule has 3 rings (SSSR count). The lowest BCUT2D eigenvalue weighted by molar-refractivity contribution is 0.0205. The number of halogens is 1. The summed E-state index contributed by atoms with van der Waals surface area (Å²) in [6.07, 6.45) is 0.0648. The van der Waals surface area contributed by atoms with Crippen molar-refractivity contribution < 1.29 is 19.1 Å². The predicted octanol–water partition coefficient (Wildman–Crippen LogP) is 4.86. The van der Waals surface area contributed by atoms with Gasteiger partial charge in [0.05, 0.1) is 16.8 Å². The fourth-order valence-electron chi connectivity index (χ4n) is 3.18. The van der Waals surface area contributed by atoms with Gasteiger partial charge in [-0.2, -0.15) is 0 Å². The fourth-order valence-corrected chi connectivity index (χ4v) is 3.62. The van der Waals surface area contributed by atoms with Crippen LogP contribution in [-0.2, 0) is 16.1 Å². The zero-order valence-electron chi connectivity index (χ0n) is 16.3. The number of aromatic amines is 1. The molecule has 1 unspecified atom stereocenters. The Morgan fingerprint density at radius 1 is 1.29 bits per heavy atom. The molecule has 0 bridgehead atoms. The molecule has 2 aromatic rings. The summed E-state index contributed by atoms with van der Waals surface area (Å²) in [5, 5.41) is 0. The molecule has 0 saturated heterocycles. The van der Waals surface area contributed by atoms with Gasteiger partial charge in [0.15, 0.2) is 0 Å². The topological polar surface area (TPSA) is 71.6 Å². The van der Waals surface area contributed by atoms with Gasteiger partial charge in [-0.1, -0.05) is 30.3 Å². The van der Waals surface area contributed by atoms with Crippen LogP contribution in [0.1, 0.15) is 54.7 Å². The van der Waals surface area contributed by atoms with E-state index in [1.165, 1.54) is 4.90 Å². The zero-order chi connectivity index (χ0) is 20.3. The lowest BCUT2D eigenvalue weighted by Crippen LogP contribution is -2.46. The number of carbonyl (C=O) groups excluding carboxylic acids is 2. The van der Waals surface area contributed by atoms with Gasteiger partial charge in [-0.25, -0.2) is 9.69 Å². The highest BCUT2D eigenvalue weighted by Crippen LogP contribution is 2.33. The number of hydrogen-bond donors (Lipinski definition) is 1. The number of nitrogens with zero attached hydrogens (tertiary/aromatic N) is 1. The molecule has 0 fully saturated rings. The van der Waals surface area contributed by atoms with Crippen molar-refractivity contribution in [2.24, 2.45) is 0 Å². The first kappa shape index (κ1) is 20.6. The zero-order valence-corrected chi connectivity index (χ0v) is 17.9. The monoisotopic (exact) mass is 448 g/mol. The smallest absolute Gasteiger partial charge is 0.417 e. The average Bonchev–Trinajstić information content (AvgIpc) is 3.02. The molecule has 1 N–H and O–H groups in total. The van der Waals surface area contributed by atoms with E-state index in [0.29, 0.717) is 29.8 Å². The third-order valence-electron chi connectivity index (χ3n) is 4.44. The van der Waals surface area contributed by atoms with Gasteiger partial charge in [-0.15, -0.1) is 0 Å². The van der Waals surface area contributed by atoms with Crippen molar-refractivity contribution in [1.82, 2.24) is 9.88 Å². The third-order valence-corrected chi connectivity index (χ3v) is 4.87. The van der Waals surface area contributed by atoms with Crippen LogP contribution in [0.2, 0.25) is 0 Å². The molecule has 1 atom stereocenters. The molecule has 1 aliphatic rings. The summed E-state index contributed by atoms with van der Waals surface area (Å²) in [5.41, 5.74) is 1.78. The minimum atomic E-state index is -0.662. The predicted molar refractivity (Wildman–Crippen MR) is 109 cm³/mol. The molecule has 0 saturated carbocycles. The Kier molecular flexibility index (Phi) is 6.25. The highest BCUT2D eigenvalue weighted by molar-refractivity contribution is 9.10. The summed E-state index contributed by atoms with van der Waals surface area (Å²) in [6, 6.07) is 11.7. The summed E-state index contributed by atoms with van der Waals surface area (Å²) in [4.78, 5) is 29.7. The van der Waals surface area contributed by atoms with Crippen LogP contribution < -0.4 is 0 Å². The molecular weight excluding hydrogens is 424 g/mol. The highest BCUT2D eigenvalue weighted by atomic mass is 79.9. The minimum absolute atomic E-state index is 0.0395. The number of H-pyrrole nitrogens is 1. The largest absolute Gasteiger partial charge is 0.443 e. The maximum Gasteiger partial charge on any atom is 0.417 e. The molecule has 1 aliphatic heterocycles. The van der Waals surface area contributed by atoms with Gasteiger partial charge in [0.1, 0.15) is 5.60 Å². The van der Waals surface area contributed by atoms with Gasteiger partial charge in [0.25, 0.3) is 5.91 Å². The average molecular weight is 449 g/mol. The second kappa shape index (κ2) is 8.49. The number of amides is 2. The Morgan fingerprint density at radius 3 is 2.68 bits per heavy atom. The minimum Gasteiger partial charge on any atom is -0.443 e. The molecule has 0 spiro atoms. The molecular formula is C21H25BrN2O4. The molecule has 1 aromatic heterocycles. The van der Waals surface area contributed by atoms with Crippen LogP contribution in [0.5, 0.6) is 0 Å². The molecule has 2 heterocycles. The molecule has 0 radical (unpaired) electrons. The molecule has 2 amide bonds. The SMILES string of the molecule is CC(C)(C)OC(=O)N1CC(CCOCc2ccccc2)c2[nH]c(Br)cc2C1=O. The van der Waals surface area contributed by atoms with Crippen molar-refractivity contribution in [2.45, 2.75) is 45.3 Å². The van der Waals surface area contributed by atoms with Gasteiger partial charge in [0, 0.05) is 24.8 Å². The molecule has 0 aliphatic carbocycles. The van der Waals surface area contributed by atoms with Crippen LogP contribution >= 0.6 is 15.9 Å². The highest BCUT2D eigenvalue weighted by Gasteiger charge is 2.38. The number of hydrogen-bond acceptors (Lipinski definition) is 4. The Bertz CT molecular complexity index is 842. The second-order valence-electron chi connectivity index (χ2n) is 7.86. The summed E-state index contributed by atoms with van der Waals surface area (Å²) < 4.78 is 11.9.